The summed E-state index contributed by atoms with van der Waals surface area (Å²) in [7, 11) is 0. The van der Waals surface area contributed by atoms with Crippen LogP contribution in [0.15, 0.2) is 83.7 Å². The molecule has 2 aromatic carbocycles. The summed E-state index contributed by atoms with van der Waals surface area (Å²) in [5.74, 6) is 0.0819. The Hall–Kier alpha value is -2.65. The number of anilines is 1. The molecule has 0 saturated carbocycles. The fraction of sp³-hybridized carbons (Fsp3) is 0.0500. The summed E-state index contributed by atoms with van der Waals surface area (Å²) in [6.07, 6.45) is 2.02. The number of nitrogens with zero attached hydrogens (tertiary/aromatic N) is 1. The first-order chi connectivity index (χ1) is 11.3. The third kappa shape index (κ3) is 2.49. The molecule has 112 valence electrons. The molecular formula is C20H15NOS. The van der Waals surface area contributed by atoms with Gasteiger partial charge in [0.15, 0.2) is 0 Å². The molecule has 3 aromatic rings. The highest BCUT2D eigenvalue weighted by Crippen LogP contribution is 2.43. The van der Waals surface area contributed by atoms with E-state index in [0.29, 0.717) is 0 Å². The molecular weight excluding hydrogens is 302 g/mol. The van der Waals surface area contributed by atoms with Crippen LogP contribution in [0.4, 0.5) is 5.69 Å². The van der Waals surface area contributed by atoms with Crippen LogP contribution >= 0.6 is 11.3 Å². The molecule has 1 aliphatic rings. The highest BCUT2D eigenvalue weighted by atomic mass is 32.1. The smallest absolute Gasteiger partial charge is 0.257 e. The molecule has 2 nitrogen and oxygen atoms in total. The fourth-order valence-electron chi connectivity index (χ4n) is 2.93. The predicted octanol–water partition coefficient (Wildman–Crippen LogP) is 4.92. The Balaban J connectivity index is 1.78. The van der Waals surface area contributed by atoms with Crippen LogP contribution in [0, 0.1) is 0 Å². The monoisotopic (exact) mass is 317 g/mol. The third-order valence-corrected chi connectivity index (χ3v) is 4.83. The van der Waals surface area contributed by atoms with E-state index in [9.17, 15) is 4.79 Å². The molecule has 0 aliphatic carbocycles. The molecule has 3 heteroatoms. The van der Waals surface area contributed by atoms with Crippen molar-refractivity contribution in [1.82, 2.24) is 0 Å². The van der Waals surface area contributed by atoms with Crippen molar-refractivity contribution in [2.24, 2.45) is 0 Å². The fourth-order valence-corrected chi connectivity index (χ4v) is 3.60. The number of β-lactam (4-membered cyclic amide) rings is 1. The van der Waals surface area contributed by atoms with Crippen LogP contribution < -0.4 is 4.90 Å². The lowest BCUT2D eigenvalue weighted by molar-refractivity contribution is -0.118. The van der Waals surface area contributed by atoms with E-state index in [4.69, 9.17) is 0 Å². The van der Waals surface area contributed by atoms with E-state index in [1.165, 1.54) is 0 Å². The summed E-state index contributed by atoms with van der Waals surface area (Å²) in [5, 5.41) is 2.03. The van der Waals surface area contributed by atoms with Crippen LogP contribution in [0.5, 0.6) is 0 Å². The second-order valence-electron chi connectivity index (χ2n) is 5.44. The largest absolute Gasteiger partial charge is 0.297 e. The van der Waals surface area contributed by atoms with Gasteiger partial charge in [-0.25, -0.2) is 0 Å². The zero-order valence-corrected chi connectivity index (χ0v) is 13.2. The average molecular weight is 317 g/mol. The van der Waals surface area contributed by atoms with E-state index in [2.05, 4.69) is 12.1 Å². The molecule has 1 fully saturated rings. The molecule has 1 saturated heterocycles. The number of benzene rings is 2. The standard InChI is InChI=1S/C20H15NOS/c22-20-18(14-17-12-7-13-23-17)19(15-8-3-1-4-9-15)21(20)16-10-5-2-6-11-16/h1-14,19H/b18-14+. The van der Waals surface area contributed by atoms with Gasteiger partial charge in [-0.15, -0.1) is 11.3 Å². The van der Waals surface area contributed by atoms with Crippen LogP contribution in [0.2, 0.25) is 0 Å². The molecule has 0 bridgehead atoms. The summed E-state index contributed by atoms with van der Waals surface area (Å²) in [4.78, 5) is 15.7. The van der Waals surface area contributed by atoms with E-state index < -0.39 is 0 Å². The second-order valence-corrected chi connectivity index (χ2v) is 6.42. The molecule has 0 N–H and O–H groups in total. The molecule has 0 spiro atoms. The number of para-hydroxylation sites is 1. The van der Waals surface area contributed by atoms with E-state index in [1.807, 2.05) is 77.0 Å². The predicted molar refractivity (Wildman–Crippen MR) is 95.4 cm³/mol. The maximum absolute atomic E-state index is 12.7. The number of hydrogen-bond donors (Lipinski definition) is 0. The average Bonchev–Trinajstić information content (AvgIpc) is 3.12. The van der Waals surface area contributed by atoms with Crippen molar-refractivity contribution >= 4 is 29.0 Å². The minimum atomic E-state index is -0.0202. The minimum Gasteiger partial charge on any atom is -0.297 e. The van der Waals surface area contributed by atoms with Crippen molar-refractivity contribution in [3.05, 3.63) is 94.2 Å². The van der Waals surface area contributed by atoms with E-state index >= 15 is 0 Å². The van der Waals surface area contributed by atoms with Gasteiger partial charge in [-0.1, -0.05) is 54.6 Å². The van der Waals surface area contributed by atoms with Gasteiger partial charge in [-0.3, -0.25) is 9.69 Å². The lowest BCUT2D eigenvalue weighted by Gasteiger charge is -2.43. The number of carbonyl (C=O) groups excluding carboxylic acids is 1. The van der Waals surface area contributed by atoms with Crippen LogP contribution in [0.1, 0.15) is 16.5 Å². The lowest BCUT2D eigenvalue weighted by Crippen LogP contribution is -2.49. The van der Waals surface area contributed by atoms with Crippen molar-refractivity contribution in [3.63, 3.8) is 0 Å². The maximum Gasteiger partial charge on any atom is 0.257 e. The Labute approximate surface area is 139 Å². The van der Waals surface area contributed by atoms with Crippen LogP contribution in [0.25, 0.3) is 6.08 Å². The molecule has 1 atom stereocenters. The quantitative estimate of drug-likeness (QED) is 0.496. The summed E-state index contributed by atoms with van der Waals surface area (Å²) in [5.41, 5.74) is 2.93. The molecule has 1 aliphatic heterocycles. The Bertz CT molecular complexity index is 838. The Morgan fingerprint density at radius 2 is 1.57 bits per heavy atom. The number of rotatable bonds is 3. The summed E-state index contributed by atoms with van der Waals surface area (Å²) in [6, 6.07) is 24.1. The molecule has 0 radical (unpaired) electrons. The number of carbonyl (C=O) groups is 1. The number of amides is 1. The van der Waals surface area contributed by atoms with E-state index in [0.717, 1.165) is 21.7 Å². The van der Waals surface area contributed by atoms with Crippen molar-refractivity contribution in [2.45, 2.75) is 6.04 Å². The Kier molecular flexibility index (Phi) is 3.56. The molecule has 2 heterocycles. The number of hydrogen-bond acceptors (Lipinski definition) is 2. The molecule has 1 aromatic heterocycles. The van der Waals surface area contributed by atoms with Crippen LogP contribution in [-0.2, 0) is 4.79 Å². The van der Waals surface area contributed by atoms with E-state index in [1.54, 1.807) is 11.3 Å². The van der Waals surface area contributed by atoms with Gasteiger partial charge in [0, 0.05) is 16.1 Å². The third-order valence-electron chi connectivity index (χ3n) is 4.01. The highest BCUT2D eigenvalue weighted by Gasteiger charge is 2.43. The van der Waals surface area contributed by atoms with Gasteiger partial charge in [0.25, 0.3) is 5.91 Å². The SMILES string of the molecule is O=C1/C(=C/c2cccs2)C(c2ccccc2)N1c1ccccc1. The first kappa shape index (κ1) is 14.0. The first-order valence-corrected chi connectivity index (χ1v) is 8.41. The zero-order chi connectivity index (χ0) is 15.6. The Morgan fingerprint density at radius 1 is 0.870 bits per heavy atom. The Morgan fingerprint density at radius 3 is 2.22 bits per heavy atom. The van der Waals surface area contributed by atoms with Crippen molar-refractivity contribution in [1.29, 1.82) is 0 Å². The van der Waals surface area contributed by atoms with Gasteiger partial charge in [0.1, 0.15) is 0 Å². The van der Waals surface area contributed by atoms with Gasteiger partial charge in [-0.05, 0) is 35.2 Å². The number of thiophene rings is 1. The van der Waals surface area contributed by atoms with Crippen molar-refractivity contribution < 1.29 is 4.79 Å². The van der Waals surface area contributed by atoms with Crippen molar-refractivity contribution in [2.75, 3.05) is 4.90 Å². The van der Waals surface area contributed by atoms with Gasteiger partial charge in [0.05, 0.1) is 6.04 Å². The second kappa shape index (κ2) is 5.86. The maximum atomic E-state index is 12.7. The normalized spacial score (nSPS) is 19.0. The minimum absolute atomic E-state index is 0.0202. The summed E-state index contributed by atoms with van der Waals surface area (Å²) < 4.78 is 0. The van der Waals surface area contributed by atoms with Gasteiger partial charge in [-0.2, -0.15) is 0 Å². The molecule has 4 rings (SSSR count). The first-order valence-electron chi connectivity index (χ1n) is 7.53. The summed E-state index contributed by atoms with van der Waals surface area (Å²) in [6.45, 7) is 0. The molecule has 1 amide bonds. The highest BCUT2D eigenvalue weighted by molar-refractivity contribution is 7.10. The van der Waals surface area contributed by atoms with Gasteiger partial charge in [0.2, 0.25) is 0 Å². The zero-order valence-electron chi connectivity index (χ0n) is 12.4. The van der Waals surface area contributed by atoms with Gasteiger partial charge >= 0.3 is 0 Å². The molecule has 23 heavy (non-hydrogen) atoms. The van der Waals surface area contributed by atoms with Gasteiger partial charge < -0.3 is 0 Å². The van der Waals surface area contributed by atoms with Crippen LogP contribution in [-0.4, -0.2) is 5.91 Å². The topological polar surface area (TPSA) is 20.3 Å². The molecule has 1 unspecified atom stereocenters. The van der Waals surface area contributed by atoms with Crippen molar-refractivity contribution in [3.8, 4) is 0 Å². The van der Waals surface area contributed by atoms with E-state index in [-0.39, 0.29) is 11.9 Å². The van der Waals surface area contributed by atoms with Crippen LogP contribution in [0.3, 0.4) is 0 Å². The lowest BCUT2D eigenvalue weighted by atomic mass is 9.87. The summed E-state index contributed by atoms with van der Waals surface area (Å²) >= 11 is 1.65.